The molecule has 0 unspecified atom stereocenters. The van der Waals surface area contributed by atoms with Crippen LogP contribution in [0.1, 0.15) is 15.9 Å². The van der Waals surface area contributed by atoms with Crippen LogP contribution in [0.3, 0.4) is 0 Å². The van der Waals surface area contributed by atoms with E-state index in [9.17, 15) is 14.0 Å². The predicted octanol–water partition coefficient (Wildman–Crippen LogP) is 0.996. The van der Waals surface area contributed by atoms with Gasteiger partial charge in [-0.2, -0.15) is 0 Å². The van der Waals surface area contributed by atoms with Gasteiger partial charge in [0.05, 0.1) is 24.5 Å². The molecule has 3 rings (SSSR count). The second-order valence-electron chi connectivity index (χ2n) is 5.36. The minimum absolute atomic E-state index is 0.180. The van der Waals surface area contributed by atoms with Gasteiger partial charge in [-0.15, -0.1) is 0 Å². The van der Waals surface area contributed by atoms with Gasteiger partial charge in [0.1, 0.15) is 5.82 Å². The molecule has 112 valence electrons. The zero-order valence-corrected chi connectivity index (χ0v) is 11.9. The van der Waals surface area contributed by atoms with E-state index in [0.29, 0.717) is 37.6 Å². The molecule has 1 amide bonds. The van der Waals surface area contributed by atoms with Crippen molar-refractivity contribution in [3.63, 3.8) is 0 Å². The molecule has 6 heteroatoms. The number of fused-ring (bicyclic) bond motifs is 1. The van der Waals surface area contributed by atoms with Crippen molar-refractivity contribution in [1.29, 1.82) is 0 Å². The second-order valence-corrected chi connectivity index (χ2v) is 5.36. The molecular formula is C15H17FN2O3. The molecule has 0 aliphatic carbocycles. The van der Waals surface area contributed by atoms with Crippen molar-refractivity contribution >= 4 is 17.4 Å². The van der Waals surface area contributed by atoms with Gasteiger partial charge in [0, 0.05) is 26.2 Å². The molecular weight excluding hydrogens is 275 g/mol. The van der Waals surface area contributed by atoms with Crippen LogP contribution in [0.5, 0.6) is 0 Å². The maximum absolute atomic E-state index is 13.4. The molecule has 0 radical (unpaired) electrons. The highest BCUT2D eigenvalue weighted by molar-refractivity contribution is 6.52. The minimum atomic E-state index is -0.616. The number of morpholine rings is 1. The molecule has 0 saturated carbocycles. The number of carbonyl (C=O) groups excluding carboxylic acids is 2. The predicted molar refractivity (Wildman–Crippen MR) is 75.1 cm³/mol. The summed E-state index contributed by atoms with van der Waals surface area (Å²) in [5, 5.41) is 0. The van der Waals surface area contributed by atoms with Crippen LogP contribution < -0.4 is 4.90 Å². The smallest absolute Gasteiger partial charge is 0.299 e. The van der Waals surface area contributed by atoms with Crippen LogP contribution in [0, 0.1) is 12.7 Å². The van der Waals surface area contributed by atoms with E-state index in [-0.39, 0.29) is 5.56 Å². The van der Waals surface area contributed by atoms with E-state index in [1.807, 2.05) is 0 Å². The van der Waals surface area contributed by atoms with Crippen molar-refractivity contribution in [3.05, 3.63) is 29.1 Å². The lowest BCUT2D eigenvalue weighted by Gasteiger charge is -2.28. The Kier molecular flexibility index (Phi) is 3.73. The molecule has 1 saturated heterocycles. The lowest BCUT2D eigenvalue weighted by Crippen LogP contribution is -2.42. The van der Waals surface area contributed by atoms with Crippen LogP contribution >= 0.6 is 0 Å². The lowest BCUT2D eigenvalue weighted by atomic mass is 10.1. The average Bonchev–Trinajstić information content (AvgIpc) is 2.71. The number of ketones is 1. The average molecular weight is 292 g/mol. The first-order valence-electron chi connectivity index (χ1n) is 7.04. The van der Waals surface area contributed by atoms with Crippen molar-refractivity contribution < 1.29 is 18.7 Å². The molecule has 2 aliphatic heterocycles. The third-order valence-electron chi connectivity index (χ3n) is 3.96. The van der Waals surface area contributed by atoms with Gasteiger partial charge in [-0.1, -0.05) is 0 Å². The maximum atomic E-state index is 13.4. The maximum Gasteiger partial charge on any atom is 0.299 e. The Labute approximate surface area is 122 Å². The lowest BCUT2D eigenvalue weighted by molar-refractivity contribution is -0.114. The minimum Gasteiger partial charge on any atom is -0.379 e. The standard InChI is InChI=1S/C15H17FN2O3/c1-10-8-11(16)9-12-13(10)18(15(20)14(12)19)3-2-17-4-6-21-7-5-17/h8-9H,2-7H2,1H3. The Balaban J connectivity index is 1.80. The zero-order chi connectivity index (χ0) is 15.0. The fourth-order valence-corrected chi connectivity index (χ4v) is 2.89. The van der Waals surface area contributed by atoms with Crippen LogP contribution in [-0.2, 0) is 9.53 Å². The number of hydrogen-bond acceptors (Lipinski definition) is 4. The Morgan fingerprint density at radius 2 is 1.90 bits per heavy atom. The van der Waals surface area contributed by atoms with E-state index in [1.165, 1.54) is 11.0 Å². The number of carbonyl (C=O) groups is 2. The number of nitrogens with zero attached hydrogens (tertiary/aromatic N) is 2. The summed E-state index contributed by atoms with van der Waals surface area (Å²) in [4.78, 5) is 27.7. The summed E-state index contributed by atoms with van der Waals surface area (Å²) in [6.07, 6.45) is 0. The first-order valence-corrected chi connectivity index (χ1v) is 7.04. The zero-order valence-electron chi connectivity index (χ0n) is 11.9. The highest BCUT2D eigenvalue weighted by Gasteiger charge is 2.37. The van der Waals surface area contributed by atoms with Crippen LogP contribution in [0.4, 0.5) is 10.1 Å². The summed E-state index contributed by atoms with van der Waals surface area (Å²) in [5.74, 6) is -1.66. The molecule has 21 heavy (non-hydrogen) atoms. The molecule has 0 spiro atoms. The first kappa shape index (κ1) is 14.2. The van der Waals surface area contributed by atoms with Crippen LogP contribution in [0.15, 0.2) is 12.1 Å². The Hall–Kier alpha value is -1.79. The molecule has 1 aromatic carbocycles. The second kappa shape index (κ2) is 5.54. The SMILES string of the molecule is Cc1cc(F)cc2c1N(CCN1CCOCC1)C(=O)C2=O. The van der Waals surface area contributed by atoms with Gasteiger partial charge in [0.2, 0.25) is 0 Å². The fourth-order valence-electron chi connectivity index (χ4n) is 2.89. The number of Topliss-reactive ketones (excluding diaryl/α,β-unsaturated/α-hetero) is 1. The van der Waals surface area contributed by atoms with Gasteiger partial charge in [-0.25, -0.2) is 4.39 Å². The number of rotatable bonds is 3. The largest absolute Gasteiger partial charge is 0.379 e. The number of amides is 1. The summed E-state index contributed by atoms with van der Waals surface area (Å²) in [6, 6.07) is 2.50. The molecule has 0 aromatic heterocycles. The van der Waals surface area contributed by atoms with E-state index in [1.54, 1.807) is 6.92 Å². The van der Waals surface area contributed by atoms with E-state index in [0.717, 1.165) is 19.2 Å². The summed E-state index contributed by atoms with van der Waals surface area (Å²) in [6.45, 7) is 5.86. The van der Waals surface area contributed by atoms with Gasteiger partial charge >= 0.3 is 0 Å². The van der Waals surface area contributed by atoms with Crippen molar-refractivity contribution in [2.24, 2.45) is 0 Å². The summed E-state index contributed by atoms with van der Waals surface area (Å²) in [5.41, 5.74) is 1.35. The number of anilines is 1. The number of benzene rings is 1. The van der Waals surface area contributed by atoms with Gasteiger partial charge in [-0.05, 0) is 24.6 Å². The number of halogens is 1. The summed E-state index contributed by atoms with van der Waals surface area (Å²) < 4.78 is 18.7. The van der Waals surface area contributed by atoms with E-state index >= 15 is 0 Å². The van der Waals surface area contributed by atoms with E-state index in [2.05, 4.69) is 4.90 Å². The summed E-state index contributed by atoms with van der Waals surface area (Å²) in [7, 11) is 0. The third kappa shape index (κ3) is 2.56. The third-order valence-corrected chi connectivity index (χ3v) is 3.96. The number of ether oxygens (including phenoxy) is 1. The van der Waals surface area contributed by atoms with Crippen LogP contribution in [0.25, 0.3) is 0 Å². The quantitative estimate of drug-likeness (QED) is 0.780. The van der Waals surface area contributed by atoms with Gasteiger partial charge in [-0.3, -0.25) is 14.5 Å². The molecule has 0 atom stereocenters. The fraction of sp³-hybridized carbons (Fsp3) is 0.467. The van der Waals surface area contributed by atoms with Crippen molar-refractivity contribution in [2.75, 3.05) is 44.3 Å². The molecule has 0 N–H and O–H groups in total. The Bertz CT molecular complexity index is 597. The van der Waals surface area contributed by atoms with Gasteiger partial charge in [0.25, 0.3) is 11.7 Å². The van der Waals surface area contributed by atoms with Crippen LogP contribution in [-0.4, -0.2) is 56.0 Å². The molecule has 5 nitrogen and oxygen atoms in total. The van der Waals surface area contributed by atoms with Crippen molar-refractivity contribution in [1.82, 2.24) is 4.90 Å². The molecule has 2 aliphatic rings. The van der Waals surface area contributed by atoms with E-state index in [4.69, 9.17) is 4.74 Å². The van der Waals surface area contributed by atoms with Gasteiger partial charge < -0.3 is 9.64 Å². The van der Waals surface area contributed by atoms with Crippen molar-refractivity contribution in [2.45, 2.75) is 6.92 Å². The topological polar surface area (TPSA) is 49.9 Å². The molecule has 0 bridgehead atoms. The Morgan fingerprint density at radius 1 is 1.19 bits per heavy atom. The molecule has 1 aromatic rings. The molecule has 1 fully saturated rings. The highest BCUT2D eigenvalue weighted by Crippen LogP contribution is 2.33. The van der Waals surface area contributed by atoms with Gasteiger partial charge in [0.15, 0.2) is 0 Å². The van der Waals surface area contributed by atoms with E-state index < -0.39 is 17.5 Å². The highest BCUT2D eigenvalue weighted by atomic mass is 19.1. The summed E-state index contributed by atoms with van der Waals surface area (Å²) >= 11 is 0. The van der Waals surface area contributed by atoms with Crippen LogP contribution in [0.2, 0.25) is 0 Å². The normalized spacial score (nSPS) is 19.2. The molecule has 2 heterocycles. The Morgan fingerprint density at radius 3 is 2.62 bits per heavy atom. The monoisotopic (exact) mass is 292 g/mol. The number of aryl methyl sites for hydroxylation is 1. The first-order chi connectivity index (χ1) is 10.1. The van der Waals surface area contributed by atoms with Crippen molar-refractivity contribution in [3.8, 4) is 0 Å². The number of hydrogen-bond donors (Lipinski definition) is 0.